The summed E-state index contributed by atoms with van der Waals surface area (Å²) in [5.41, 5.74) is 0.416. The summed E-state index contributed by atoms with van der Waals surface area (Å²) in [6.45, 7) is 0.944. The van der Waals surface area contributed by atoms with Gasteiger partial charge < -0.3 is 20.1 Å². The number of carboxylic acid groups (broad SMARTS) is 1. The molecule has 2 aromatic rings. The molecule has 164 valence electrons. The molecule has 2 aliphatic rings. The Bertz CT molecular complexity index is 1040. The molecule has 1 amide bonds. The molecule has 0 aliphatic carbocycles. The average Bonchev–Trinajstić information content (AvgIpc) is 2.74. The van der Waals surface area contributed by atoms with E-state index in [-0.39, 0.29) is 24.6 Å². The smallest absolute Gasteiger partial charge is 0.313 e. The summed E-state index contributed by atoms with van der Waals surface area (Å²) in [6, 6.07) is 7.95. The Labute approximate surface area is 188 Å². The number of anilines is 2. The van der Waals surface area contributed by atoms with Crippen LogP contribution >= 0.6 is 23.2 Å². The molecule has 0 aromatic heterocycles. The van der Waals surface area contributed by atoms with Gasteiger partial charge in [0.15, 0.2) is 0 Å². The van der Waals surface area contributed by atoms with E-state index < -0.39 is 17.2 Å². The lowest BCUT2D eigenvalue weighted by atomic mass is 9.79. The molecule has 0 unspecified atom stereocenters. The molecular weight excluding hydrogens is 446 g/mol. The highest BCUT2D eigenvalue weighted by atomic mass is 35.5. The predicted octanol–water partition coefficient (Wildman–Crippen LogP) is 4.77. The summed E-state index contributed by atoms with van der Waals surface area (Å²) in [6.07, 6.45) is 1.30. The van der Waals surface area contributed by atoms with Crippen LogP contribution in [-0.4, -0.2) is 36.7 Å². The summed E-state index contributed by atoms with van der Waals surface area (Å²) in [5, 5.41) is 13.6. The number of carbonyl (C=O) groups excluding carboxylic acids is 1. The van der Waals surface area contributed by atoms with Crippen molar-refractivity contribution in [2.45, 2.75) is 25.7 Å². The molecule has 0 spiro atoms. The quantitative estimate of drug-likeness (QED) is 0.663. The summed E-state index contributed by atoms with van der Waals surface area (Å²) >= 11 is 12.3. The van der Waals surface area contributed by atoms with E-state index >= 15 is 0 Å². The molecule has 2 N–H and O–H groups in total. The number of fused-ring (bicyclic) bond motifs is 1. The summed E-state index contributed by atoms with van der Waals surface area (Å²) in [4.78, 5) is 25.8. The molecule has 4 rings (SSSR count). The Morgan fingerprint density at radius 1 is 1.19 bits per heavy atom. The second-order valence-corrected chi connectivity index (χ2v) is 8.75. The van der Waals surface area contributed by atoms with E-state index in [4.69, 9.17) is 27.9 Å². The van der Waals surface area contributed by atoms with E-state index in [9.17, 15) is 19.1 Å². The fraction of sp³-hybridized carbons (Fsp3) is 0.364. The van der Waals surface area contributed by atoms with Gasteiger partial charge in [0.25, 0.3) is 0 Å². The zero-order valence-corrected chi connectivity index (χ0v) is 18.1. The number of amides is 1. The number of ether oxygens (including phenoxy) is 1. The second kappa shape index (κ2) is 8.55. The highest BCUT2D eigenvalue weighted by Crippen LogP contribution is 2.39. The summed E-state index contributed by atoms with van der Waals surface area (Å²) in [5.74, 6) is -1.31. The van der Waals surface area contributed by atoms with Crippen molar-refractivity contribution in [2.75, 3.05) is 29.9 Å². The zero-order valence-electron chi connectivity index (χ0n) is 16.6. The number of piperidine rings is 1. The van der Waals surface area contributed by atoms with Gasteiger partial charge in [-0.25, -0.2) is 4.39 Å². The molecule has 2 heterocycles. The van der Waals surface area contributed by atoms with Gasteiger partial charge >= 0.3 is 5.97 Å². The second-order valence-electron chi connectivity index (χ2n) is 7.90. The number of carboxylic acids is 1. The number of aliphatic carboxylic acids is 1. The lowest BCUT2D eigenvalue weighted by Crippen LogP contribution is -2.47. The van der Waals surface area contributed by atoms with E-state index in [1.807, 2.05) is 11.0 Å². The van der Waals surface area contributed by atoms with Gasteiger partial charge in [-0.15, -0.1) is 0 Å². The largest absolute Gasteiger partial charge is 0.492 e. The molecule has 2 aromatic carbocycles. The van der Waals surface area contributed by atoms with Crippen molar-refractivity contribution in [2.24, 2.45) is 5.41 Å². The Morgan fingerprint density at radius 3 is 2.61 bits per heavy atom. The van der Waals surface area contributed by atoms with E-state index in [1.54, 1.807) is 12.1 Å². The van der Waals surface area contributed by atoms with Crippen LogP contribution in [0.1, 0.15) is 24.8 Å². The van der Waals surface area contributed by atoms with Crippen molar-refractivity contribution in [1.29, 1.82) is 0 Å². The zero-order chi connectivity index (χ0) is 22.2. The van der Waals surface area contributed by atoms with Crippen molar-refractivity contribution in [3.8, 4) is 5.75 Å². The molecule has 31 heavy (non-hydrogen) atoms. The van der Waals surface area contributed by atoms with Crippen molar-refractivity contribution >= 4 is 46.5 Å². The topological polar surface area (TPSA) is 78.9 Å². The van der Waals surface area contributed by atoms with Gasteiger partial charge in [0, 0.05) is 30.1 Å². The maximum absolute atomic E-state index is 14.1. The van der Waals surface area contributed by atoms with Crippen LogP contribution in [0.15, 0.2) is 30.3 Å². The molecule has 2 aliphatic heterocycles. The number of hydrogen-bond donors (Lipinski definition) is 2. The molecule has 0 radical (unpaired) electrons. The molecule has 1 fully saturated rings. The molecule has 6 nitrogen and oxygen atoms in total. The van der Waals surface area contributed by atoms with Gasteiger partial charge in [0.1, 0.15) is 23.6 Å². The average molecular weight is 467 g/mol. The number of rotatable bonds is 5. The normalized spacial score (nSPS) is 17.6. The fourth-order valence-electron chi connectivity index (χ4n) is 4.11. The van der Waals surface area contributed by atoms with E-state index in [0.717, 1.165) is 5.69 Å². The SMILES string of the molecule is O=C1CCc2c(OCC3(C(=O)O)CCN(c4ccc(Cl)cc4Cl)CC3)ccc(F)c2N1. The van der Waals surface area contributed by atoms with Crippen LogP contribution in [0.3, 0.4) is 0 Å². The third-order valence-corrected chi connectivity index (χ3v) is 6.55. The third kappa shape index (κ3) is 4.29. The van der Waals surface area contributed by atoms with Crippen LogP contribution in [0.25, 0.3) is 0 Å². The van der Waals surface area contributed by atoms with E-state index in [0.29, 0.717) is 53.7 Å². The first kappa shape index (κ1) is 21.7. The van der Waals surface area contributed by atoms with Gasteiger partial charge in [0.2, 0.25) is 5.91 Å². The van der Waals surface area contributed by atoms with Crippen LogP contribution in [0, 0.1) is 11.2 Å². The molecule has 0 bridgehead atoms. The van der Waals surface area contributed by atoms with Crippen LogP contribution in [0.4, 0.5) is 15.8 Å². The minimum atomic E-state index is -1.07. The minimum absolute atomic E-state index is 0.0451. The lowest BCUT2D eigenvalue weighted by Gasteiger charge is -2.40. The summed E-state index contributed by atoms with van der Waals surface area (Å²) in [7, 11) is 0. The van der Waals surface area contributed by atoms with Crippen molar-refractivity contribution in [3.05, 3.63) is 51.8 Å². The van der Waals surface area contributed by atoms with Gasteiger partial charge in [-0.05, 0) is 49.6 Å². The summed E-state index contributed by atoms with van der Waals surface area (Å²) < 4.78 is 20.0. The Morgan fingerprint density at radius 2 is 1.94 bits per heavy atom. The van der Waals surface area contributed by atoms with Crippen LogP contribution in [-0.2, 0) is 16.0 Å². The van der Waals surface area contributed by atoms with Crippen LogP contribution in [0.5, 0.6) is 5.75 Å². The molecule has 0 saturated carbocycles. The standard InChI is InChI=1S/C22H21Cl2FN2O4/c23-13-1-4-17(15(24)11-13)27-9-7-22(8-10-27,21(29)30)12-31-18-5-3-16(25)20-14(18)2-6-19(28)26-20/h1,3-5,11H,2,6-10,12H2,(H,26,28)(H,29,30). The molecule has 0 atom stereocenters. The highest BCUT2D eigenvalue weighted by molar-refractivity contribution is 6.36. The number of benzene rings is 2. The maximum atomic E-state index is 14.1. The fourth-order valence-corrected chi connectivity index (χ4v) is 4.64. The Kier molecular flexibility index (Phi) is 5.99. The van der Waals surface area contributed by atoms with Crippen molar-refractivity contribution in [3.63, 3.8) is 0 Å². The first-order valence-corrected chi connectivity index (χ1v) is 10.7. The first-order valence-electron chi connectivity index (χ1n) is 9.96. The number of carbonyl (C=O) groups is 2. The van der Waals surface area contributed by atoms with Crippen LogP contribution in [0.2, 0.25) is 10.0 Å². The van der Waals surface area contributed by atoms with E-state index in [1.165, 1.54) is 12.1 Å². The maximum Gasteiger partial charge on any atom is 0.313 e. The van der Waals surface area contributed by atoms with E-state index in [2.05, 4.69) is 5.32 Å². The third-order valence-electron chi connectivity index (χ3n) is 6.01. The van der Waals surface area contributed by atoms with Gasteiger partial charge in [-0.2, -0.15) is 0 Å². The number of nitrogens with one attached hydrogen (secondary N) is 1. The number of hydrogen-bond acceptors (Lipinski definition) is 4. The molecule has 9 heteroatoms. The molecular formula is C22H21Cl2FN2O4. The lowest BCUT2D eigenvalue weighted by molar-refractivity contribution is -0.152. The van der Waals surface area contributed by atoms with Gasteiger partial charge in [-0.1, -0.05) is 23.2 Å². The van der Waals surface area contributed by atoms with Crippen LogP contribution < -0.4 is 15.0 Å². The minimum Gasteiger partial charge on any atom is -0.492 e. The Balaban J connectivity index is 1.49. The highest BCUT2D eigenvalue weighted by Gasteiger charge is 2.43. The Hall–Kier alpha value is -2.51. The van der Waals surface area contributed by atoms with Crippen molar-refractivity contribution < 1.29 is 23.8 Å². The first-order chi connectivity index (χ1) is 14.8. The monoisotopic (exact) mass is 466 g/mol. The van der Waals surface area contributed by atoms with Gasteiger partial charge in [0.05, 0.1) is 16.4 Å². The number of nitrogens with zero attached hydrogens (tertiary/aromatic N) is 1. The van der Waals surface area contributed by atoms with Crippen molar-refractivity contribution in [1.82, 2.24) is 0 Å². The molecule has 1 saturated heterocycles. The number of halogens is 3. The predicted molar refractivity (Wildman–Crippen MR) is 117 cm³/mol. The van der Waals surface area contributed by atoms with Gasteiger partial charge in [-0.3, -0.25) is 9.59 Å².